The zero-order chi connectivity index (χ0) is 16.1. The lowest BCUT2D eigenvalue weighted by molar-refractivity contribution is -0.703. The summed E-state index contributed by atoms with van der Waals surface area (Å²) < 4.78 is 5.81. The summed E-state index contributed by atoms with van der Waals surface area (Å²) in [6, 6.07) is 14.7. The predicted molar refractivity (Wildman–Crippen MR) is 95.1 cm³/mol. The van der Waals surface area contributed by atoms with Crippen LogP contribution in [0.5, 0.6) is 5.75 Å². The van der Waals surface area contributed by atoms with E-state index in [2.05, 4.69) is 5.32 Å². The molecule has 1 fully saturated rings. The van der Waals surface area contributed by atoms with E-state index in [1.165, 1.54) is 25.7 Å². The summed E-state index contributed by atoms with van der Waals surface area (Å²) in [5.74, 6) is 0.571. The minimum Gasteiger partial charge on any atom is -0.486 e. The van der Waals surface area contributed by atoms with Gasteiger partial charge in [-0.2, -0.15) is 0 Å². The van der Waals surface area contributed by atoms with Gasteiger partial charge in [0.25, 0.3) is 0 Å². The van der Waals surface area contributed by atoms with E-state index in [1.807, 2.05) is 42.5 Å². The van der Waals surface area contributed by atoms with E-state index >= 15 is 0 Å². The Kier molecular flexibility index (Phi) is 5.82. The Balaban J connectivity index is 1.62. The highest BCUT2D eigenvalue weighted by Crippen LogP contribution is 2.34. The average molecular weight is 351 g/mol. The zero-order valence-corrected chi connectivity index (χ0v) is 14.6. The summed E-state index contributed by atoms with van der Waals surface area (Å²) in [5.41, 5.74) is 2.25. The van der Waals surface area contributed by atoms with Crippen LogP contribution in [0.3, 0.4) is 0 Å². The molecule has 1 aliphatic carbocycles. The highest BCUT2D eigenvalue weighted by molar-refractivity contribution is 6.37. The minimum absolute atomic E-state index is 0.466. The van der Waals surface area contributed by atoms with E-state index in [9.17, 15) is 0 Å². The average Bonchev–Trinajstić information content (AvgIpc) is 3.06. The van der Waals surface area contributed by atoms with Gasteiger partial charge in [0.15, 0.2) is 5.75 Å². The summed E-state index contributed by atoms with van der Waals surface area (Å²) in [4.78, 5) is 0. The first-order valence-corrected chi connectivity index (χ1v) is 8.96. The van der Waals surface area contributed by atoms with Crippen LogP contribution >= 0.6 is 23.2 Å². The van der Waals surface area contributed by atoms with Gasteiger partial charge in [0.05, 0.1) is 16.1 Å². The van der Waals surface area contributed by atoms with Crippen LogP contribution in [0.15, 0.2) is 42.5 Å². The van der Waals surface area contributed by atoms with E-state index in [4.69, 9.17) is 27.9 Å². The van der Waals surface area contributed by atoms with Gasteiger partial charge in [-0.25, -0.2) is 0 Å². The largest absolute Gasteiger partial charge is 0.486 e. The molecular weight excluding hydrogens is 329 g/mol. The second kappa shape index (κ2) is 8.05. The first-order chi connectivity index (χ1) is 11.2. The molecule has 0 aliphatic heterocycles. The van der Waals surface area contributed by atoms with Crippen LogP contribution in [0.25, 0.3) is 0 Å². The summed E-state index contributed by atoms with van der Waals surface area (Å²) >= 11 is 12.7. The van der Waals surface area contributed by atoms with Crippen molar-refractivity contribution in [2.75, 3.05) is 0 Å². The van der Waals surface area contributed by atoms with Gasteiger partial charge in [-0.3, -0.25) is 0 Å². The molecule has 0 bridgehead atoms. The summed E-state index contributed by atoms with van der Waals surface area (Å²) in [6.45, 7) is 1.39. The standard InChI is InChI=1S/C19H21Cl2NO/c20-17-10-15(12-22-16-8-4-5-9-16)11-18(21)19(17)23-13-14-6-2-1-3-7-14/h1-3,6-7,10-11,16,22H,4-5,8-9,12-13H2/p+1. The first-order valence-electron chi connectivity index (χ1n) is 8.20. The highest BCUT2D eigenvalue weighted by Gasteiger charge is 2.18. The number of hydrogen-bond donors (Lipinski definition) is 1. The molecule has 0 radical (unpaired) electrons. The van der Waals surface area contributed by atoms with Crippen molar-refractivity contribution in [3.8, 4) is 5.75 Å². The fourth-order valence-corrected chi connectivity index (χ4v) is 3.74. The third-order valence-corrected chi connectivity index (χ3v) is 4.93. The second-order valence-electron chi connectivity index (χ2n) is 6.15. The molecular formula is C19H22Cl2NO+. The molecule has 0 aromatic heterocycles. The maximum Gasteiger partial charge on any atom is 0.156 e. The number of hydrogen-bond acceptors (Lipinski definition) is 1. The molecule has 0 unspecified atom stereocenters. The maximum absolute atomic E-state index is 6.37. The van der Waals surface area contributed by atoms with Gasteiger partial charge in [-0.15, -0.1) is 0 Å². The third kappa shape index (κ3) is 4.63. The smallest absolute Gasteiger partial charge is 0.156 e. The van der Waals surface area contributed by atoms with Gasteiger partial charge in [-0.05, 0) is 43.4 Å². The molecule has 0 spiro atoms. The van der Waals surface area contributed by atoms with E-state index in [-0.39, 0.29) is 0 Å². The molecule has 4 heteroatoms. The van der Waals surface area contributed by atoms with E-state index in [0.717, 1.165) is 23.7 Å². The van der Waals surface area contributed by atoms with Crippen LogP contribution in [0.4, 0.5) is 0 Å². The third-order valence-electron chi connectivity index (χ3n) is 4.37. The van der Waals surface area contributed by atoms with Gasteiger partial charge in [-0.1, -0.05) is 53.5 Å². The van der Waals surface area contributed by atoms with Crippen LogP contribution < -0.4 is 10.1 Å². The lowest BCUT2D eigenvalue weighted by atomic mass is 10.2. The Morgan fingerprint density at radius 1 is 0.957 bits per heavy atom. The zero-order valence-electron chi connectivity index (χ0n) is 13.1. The predicted octanol–water partition coefficient (Wildman–Crippen LogP) is 4.58. The van der Waals surface area contributed by atoms with Crippen LogP contribution in [0, 0.1) is 0 Å². The normalized spacial score (nSPS) is 15.0. The Hall–Kier alpha value is -1.22. The van der Waals surface area contributed by atoms with Gasteiger partial charge >= 0.3 is 0 Å². The van der Waals surface area contributed by atoms with Crippen LogP contribution in [-0.4, -0.2) is 6.04 Å². The molecule has 2 aromatic carbocycles. The van der Waals surface area contributed by atoms with Crippen molar-refractivity contribution >= 4 is 23.2 Å². The van der Waals surface area contributed by atoms with Crippen LogP contribution in [0.2, 0.25) is 10.0 Å². The Morgan fingerprint density at radius 3 is 2.26 bits per heavy atom. The van der Waals surface area contributed by atoms with Crippen molar-refractivity contribution in [2.45, 2.75) is 44.9 Å². The van der Waals surface area contributed by atoms with Crippen molar-refractivity contribution in [2.24, 2.45) is 0 Å². The number of halogens is 2. The van der Waals surface area contributed by atoms with Crippen molar-refractivity contribution < 1.29 is 10.1 Å². The summed E-state index contributed by atoms with van der Waals surface area (Å²) in [7, 11) is 0. The van der Waals surface area contributed by atoms with Crippen molar-refractivity contribution in [3.05, 3.63) is 63.6 Å². The molecule has 1 saturated carbocycles. The summed E-state index contributed by atoms with van der Waals surface area (Å²) in [5, 5.41) is 3.57. The molecule has 3 rings (SSSR count). The second-order valence-corrected chi connectivity index (χ2v) is 6.96. The molecule has 122 valence electrons. The molecule has 0 heterocycles. The number of rotatable bonds is 6. The van der Waals surface area contributed by atoms with Crippen LogP contribution in [0.1, 0.15) is 36.8 Å². The minimum atomic E-state index is 0.466. The molecule has 2 aromatic rings. The number of ether oxygens (including phenoxy) is 1. The van der Waals surface area contributed by atoms with Gasteiger partial charge < -0.3 is 10.1 Å². The molecule has 1 aliphatic rings. The molecule has 0 atom stereocenters. The van der Waals surface area contributed by atoms with Gasteiger partial charge in [0.1, 0.15) is 13.2 Å². The van der Waals surface area contributed by atoms with E-state index in [0.29, 0.717) is 22.4 Å². The van der Waals surface area contributed by atoms with Gasteiger partial charge in [0, 0.05) is 5.56 Å². The maximum atomic E-state index is 6.37. The lowest BCUT2D eigenvalue weighted by Gasteiger charge is -2.13. The molecule has 2 nitrogen and oxygen atoms in total. The number of nitrogens with two attached hydrogens (primary N) is 1. The quantitative estimate of drug-likeness (QED) is 0.810. The van der Waals surface area contributed by atoms with E-state index in [1.54, 1.807) is 0 Å². The van der Waals surface area contributed by atoms with Crippen molar-refractivity contribution in [1.82, 2.24) is 0 Å². The molecule has 0 saturated heterocycles. The Morgan fingerprint density at radius 2 is 1.61 bits per heavy atom. The first kappa shape index (κ1) is 16.6. The Bertz CT molecular complexity index is 616. The lowest BCUT2D eigenvalue weighted by Crippen LogP contribution is -2.87. The van der Waals surface area contributed by atoms with Gasteiger partial charge in [0.2, 0.25) is 0 Å². The number of benzene rings is 2. The fraction of sp³-hybridized carbons (Fsp3) is 0.368. The topological polar surface area (TPSA) is 25.8 Å². The van der Waals surface area contributed by atoms with Crippen molar-refractivity contribution in [3.63, 3.8) is 0 Å². The summed E-state index contributed by atoms with van der Waals surface area (Å²) in [6.07, 6.45) is 5.35. The fourth-order valence-electron chi connectivity index (χ4n) is 3.09. The van der Waals surface area contributed by atoms with Crippen LogP contribution in [-0.2, 0) is 13.2 Å². The number of quaternary nitrogens is 1. The monoisotopic (exact) mass is 350 g/mol. The molecule has 23 heavy (non-hydrogen) atoms. The van der Waals surface area contributed by atoms with E-state index < -0.39 is 0 Å². The Labute approximate surface area is 147 Å². The molecule has 2 N–H and O–H groups in total. The SMILES string of the molecule is Clc1cc(C[NH2+]C2CCCC2)cc(Cl)c1OCc1ccccc1. The molecule has 0 amide bonds. The highest BCUT2D eigenvalue weighted by atomic mass is 35.5. The van der Waals surface area contributed by atoms with Crippen molar-refractivity contribution in [1.29, 1.82) is 0 Å².